The molecule has 6 heteroatoms. The van der Waals surface area contributed by atoms with Gasteiger partial charge in [0.1, 0.15) is 10.8 Å². The minimum Gasteiger partial charge on any atom is -0.404 e. The van der Waals surface area contributed by atoms with Crippen molar-refractivity contribution in [2.75, 3.05) is 0 Å². The molecule has 1 rings (SSSR count). The lowest BCUT2D eigenvalue weighted by Gasteiger charge is -1.99. The summed E-state index contributed by atoms with van der Waals surface area (Å²) in [6, 6.07) is 1.85. The molecule has 0 aromatic carbocycles. The van der Waals surface area contributed by atoms with Gasteiger partial charge in [0.25, 0.3) is 5.91 Å². The minimum absolute atomic E-state index is 0.0288. The molecule has 0 aliphatic rings. The van der Waals surface area contributed by atoms with Gasteiger partial charge in [-0.1, -0.05) is 0 Å². The number of nitrogens with zero attached hydrogens (tertiary/aromatic N) is 1. The highest BCUT2D eigenvalue weighted by Crippen LogP contribution is 2.23. The molecule has 0 atom stereocenters. The molecule has 0 aliphatic heterocycles. The van der Waals surface area contributed by atoms with Gasteiger partial charge in [-0.15, -0.1) is 11.3 Å². The third-order valence-corrected chi connectivity index (χ3v) is 2.60. The van der Waals surface area contributed by atoms with E-state index in [9.17, 15) is 4.79 Å². The van der Waals surface area contributed by atoms with E-state index in [1.807, 2.05) is 18.4 Å². The Morgan fingerprint density at radius 3 is 2.60 bits per heavy atom. The van der Waals surface area contributed by atoms with Gasteiger partial charge < -0.3 is 17.2 Å². The number of carbonyl (C=O) groups excluding carboxylic acids is 1. The molecule has 1 heterocycles. The van der Waals surface area contributed by atoms with Crippen LogP contribution in [0.2, 0.25) is 0 Å². The summed E-state index contributed by atoms with van der Waals surface area (Å²) in [6.45, 7) is 1.94. The van der Waals surface area contributed by atoms with Crippen LogP contribution in [0, 0.1) is 6.92 Å². The van der Waals surface area contributed by atoms with Gasteiger partial charge >= 0.3 is 0 Å². The first-order valence-electron chi connectivity index (χ1n) is 4.16. The molecule has 80 valence electrons. The van der Waals surface area contributed by atoms with Crippen LogP contribution in [0.4, 0.5) is 5.00 Å². The Morgan fingerprint density at radius 2 is 2.20 bits per heavy atom. The number of rotatable bonds is 3. The predicted octanol–water partition coefficient (Wildman–Crippen LogP) is 0.373. The highest BCUT2D eigenvalue weighted by atomic mass is 32.1. The molecule has 5 nitrogen and oxygen atoms in total. The van der Waals surface area contributed by atoms with E-state index in [4.69, 9.17) is 17.2 Å². The molecule has 0 spiro atoms. The summed E-state index contributed by atoms with van der Waals surface area (Å²) >= 11 is 1.43. The summed E-state index contributed by atoms with van der Waals surface area (Å²) < 4.78 is 0. The smallest absolute Gasteiger partial charge is 0.253 e. The van der Waals surface area contributed by atoms with Gasteiger partial charge in [0.15, 0.2) is 0 Å². The highest BCUT2D eigenvalue weighted by molar-refractivity contribution is 7.14. The zero-order valence-corrected chi connectivity index (χ0v) is 9.04. The summed E-state index contributed by atoms with van der Waals surface area (Å²) in [4.78, 5) is 14.9. The molecule has 1 amide bonds. The molecule has 1 aromatic rings. The third-order valence-electron chi connectivity index (χ3n) is 1.66. The lowest BCUT2D eigenvalue weighted by molar-refractivity contribution is -0.114. The van der Waals surface area contributed by atoms with Gasteiger partial charge in [0.05, 0.1) is 5.57 Å². The van der Waals surface area contributed by atoms with Crippen molar-refractivity contribution in [3.8, 4) is 0 Å². The predicted molar refractivity (Wildman–Crippen MR) is 61.8 cm³/mol. The van der Waals surface area contributed by atoms with Gasteiger partial charge in [0.2, 0.25) is 0 Å². The Balaban J connectivity index is 2.98. The fourth-order valence-electron chi connectivity index (χ4n) is 0.947. The van der Waals surface area contributed by atoms with Crippen molar-refractivity contribution < 1.29 is 4.79 Å². The lowest BCUT2D eigenvalue weighted by atomic mass is 10.2. The van der Waals surface area contributed by atoms with E-state index in [-0.39, 0.29) is 11.4 Å². The maximum absolute atomic E-state index is 10.9. The zero-order valence-electron chi connectivity index (χ0n) is 8.23. The first kappa shape index (κ1) is 11.3. The molecule has 15 heavy (non-hydrogen) atoms. The van der Waals surface area contributed by atoms with E-state index >= 15 is 0 Å². The molecule has 0 fully saturated rings. The van der Waals surface area contributed by atoms with Crippen molar-refractivity contribution >= 4 is 28.1 Å². The number of carbonyl (C=O) groups is 1. The average Bonchev–Trinajstić information content (AvgIpc) is 2.51. The van der Waals surface area contributed by atoms with Gasteiger partial charge in [-0.3, -0.25) is 4.79 Å². The fraction of sp³-hybridized carbons (Fsp3) is 0.111. The van der Waals surface area contributed by atoms with Gasteiger partial charge in [-0.2, -0.15) is 0 Å². The Labute approximate surface area is 91.3 Å². The van der Waals surface area contributed by atoms with Crippen molar-refractivity contribution in [1.29, 1.82) is 0 Å². The Bertz CT molecular complexity index is 433. The maximum Gasteiger partial charge on any atom is 0.253 e. The van der Waals surface area contributed by atoms with E-state index in [0.717, 1.165) is 11.8 Å². The van der Waals surface area contributed by atoms with Crippen LogP contribution >= 0.6 is 11.3 Å². The summed E-state index contributed by atoms with van der Waals surface area (Å²) in [6.07, 6.45) is 1.06. The van der Waals surface area contributed by atoms with Gasteiger partial charge in [0, 0.05) is 6.20 Å². The summed E-state index contributed by atoms with van der Waals surface area (Å²) in [7, 11) is 0. The monoisotopic (exact) mass is 224 g/mol. The van der Waals surface area contributed by atoms with Crippen molar-refractivity contribution in [2.24, 2.45) is 22.2 Å². The molecule has 0 unspecified atom stereocenters. The van der Waals surface area contributed by atoms with Crippen LogP contribution in [0.5, 0.6) is 0 Å². The van der Waals surface area contributed by atoms with Crippen LogP contribution in [0.3, 0.4) is 0 Å². The van der Waals surface area contributed by atoms with Crippen molar-refractivity contribution in [1.82, 2.24) is 0 Å². The fourth-order valence-corrected chi connectivity index (χ4v) is 1.73. The minimum atomic E-state index is -0.688. The van der Waals surface area contributed by atoms with Crippen LogP contribution in [0.25, 0.3) is 0 Å². The summed E-state index contributed by atoms with van der Waals surface area (Å²) in [5, 5.41) is 2.65. The first-order chi connectivity index (χ1) is 7.04. The second-order valence-electron chi connectivity index (χ2n) is 2.90. The molecule has 0 saturated carbocycles. The molecule has 0 aliphatic carbocycles. The molecule has 0 saturated heterocycles. The topological polar surface area (TPSA) is 107 Å². The van der Waals surface area contributed by atoms with Crippen molar-refractivity contribution in [3.63, 3.8) is 0 Å². The largest absolute Gasteiger partial charge is 0.404 e. The van der Waals surface area contributed by atoms with E-state index in [2.05, 4.69) is 4.99 Å². The van der Waals surface area contributed by atoms with E-state index in [1.165, 1.54) is 11.3 Å². The molecular weight excluding hydrogens is 212 g/mol. The second-order valence-corrected chi connectivity index (χ2v) is 3.79. The normalized spacial score (nSPS) is 12.9. The van der Waals surface area contributed by atoms with Crippen molar-refractivity contribution in [3.05, 3.63) is 28.8 Å². The van der Waals surface area contributed by atoms with Crippen molar-refractivity contribution in [2.45, 2.75) is 6.92 Å². The highest BCUT2D eigenvalue weighted by Gasteiger charge is 2.09. The summed E-state index contributed by atoms with van der Waals surface area (Å²) in [5.41, 5.74) is 17.0. The van der Waals surface area contributed by atoms with E-state index in [0.29, 0.717) is 5.00 Å². The number of aryl methyl sites for hydroxylation is 1. The van der Waals surface area contributed by atoms with Crippen LogP contribution in [-0.2, 0) is 4.79 Å². The van der Waals surface area contributed by atoms with Gasteiger partial charge in [-0.05, 0) is 23.9 Å². The second kappa shape index (κ2) is 4.61. The number of amides is 1. The number of amidine groups is 1. The van der Waals surface area contributed by atoms with Gasteiger partial charge in [-0.25, -0.2) is 4.99 Å². The number of hydrogen-bond donors (Lipinski definition) is 3. The zero-order chi connectivity index (χ0) is 11.4. The quantitative estimate of drug-likeness (QED) is 0.392. The van der Waals surface area contributed by atoms with E-state index < -0.39 is 5.91 Å². The Kier molecular flexibility index (Phi) is 3.46. The molecule has 6 N–H and O–H groups in total. The van der Waals surface area contributed by atoms with Crippen LogP contribution in [0.15, 0.2) is 28.2 Å². The third kappa shape index (κ3) is 2.81. The number of hydrogen-bond acceptors (Lipinski definition) is 4. The number of nitrogens with two attached hydrogens (primary N) is 3. The number of aliphatic imine (C=N–C) groups is 1. The lowest BCUT2D eigenvalue weighted by Crippen LogP contribution is -2.27. The average molecular weight is 224 g/mol. The SMILES string of the molecule is Cc1csc(N=C(N)C(=CN)C(N)=O)c1. The first-order valence-corrected chi connectivity index (χ1v) is 5.04. The molecule has 1 aromatic heterocycles. The van der Waals surface area contributed by atoms with E-state index in [1.54, 1.807) is 0 Å². The maximum atomic E-state index is 10.9. The summed E-state index contributed by atoms with van der Waals surface area (Å²) in [5.74, 6) is -0.654. The van der Waals surface area contributed by atoms with Crippen LogP contribution < -0.4 is 17.2 Å². The number of primary amides is 1. The molecule has 0 radical (unpaired) electrons. The standard InChI is InChI=1S/C9H12N4OS/c1-5-2-7(15-4-5)13-8(11)6(3-10)9(12)14/h2-4H,10H2,1H3,(H2,11,13)(H2,12,14). The Morgan fingerprint density at radius 1 is 1.53 bits per heavy atom. The van der Waals surface area contributed by atoms with Crippen LogP contribution in [-0.4, -0.2) is 11.7 Å². The molecular formula is C9H12N4OS. The molecule has 0 bridgehead atoms. The number of thiophene rings is 1. The Hall–Kier alpha value is -1.82. The van der Waals surface area contributed by atoms with Crippen LogP contribution in [0.1, 0.15) is 5.56 Å².